The monoisotopic (exact) mass is 470 g/mol. The molecule has 33 heavy (non-hydrogen) atoms. The van der Waals surface area contributed by atoms with Crippen molar-refractivity contribution in [1.82, 2.24) is 14.8 Å². The first kappa shape index (κ1) is 23.4. The van der Waals surface area contributed by atoms with Crippen molar-refractivity contribution < 1.29 is 14.7 Å². The van der Waals surface area contributed by atoms with Gasteiger partial charge in [-0.3, -0.25) is 4.79 Å². The molecule has 0 radical (unpaired) electrons. The molecule has 8 heteroatoms. The number of hydrogen-bond donors (Lipinski definition) is 1. The lowest BCUT2D eigenvalue weighted by atomic mass is 9.82. The van der Waals surface area contributed by atoms with Gasteiger partial charge in [0, 0.05) is 56.3 Å². The van der Waals surface area contributed by atoms with E-state index in [4.69, 9.17) is 11.6 Å². The molecule has 4 rings (SSSR count). The van der Waals surface area contributed by atoms with E-state index in [-0.39, 0.29) is 17.7 Å². The molecule has 2 atom stereocenters. The highest BCUT2D eigenvalue weighted by Crippen LogP contribution is 2.41. The van der Waals surface area contributed by atoms with Gasteiger partial charge in [-0.05, 0) is 56.0 Å². The Bertz CT molecular complexity index is 1010. The number of carboxylic acid groups (broad SMARTS) is 1. The number of anilines is 1. The van der Waals surface area contributed by atoms with Crippen molar-refractivity contribution in [3.8, 4) is 0 Å². The minimum atomic E-state index is -0.996. The molecule has 3 heterocycles. The molecule has 0 bridgehead atoms. The number of amides is 2. The number of nitrogens with zero attached hydrogens (tertiary/aromatic N) is 4. The van der Waals surface area contributed by atoms with Crippen LogP contribution in [0.2, 0.25) is 5.02 Å². The lowest BCUT2D eigenvalue weighted by Crippen LogP contribution is -2.52. The van der Waals surface area contributed by atoms with Gasteiger partial charge in [0.2, 0.25) is 5.91 Å². The standard InChI is InChI=1S/C25H31ClN4O3/c1-17-4-9-22(27-14-17)29-12-10-19(11-13-29)23(31)30-15-21(18-5-7-20(26)8-6-18)25(2,16-30)28(3)24(32)33/h4-9,14,19,21H,10-13,15-16H2,1-3H3,(H,32,33)/t21-,25+/m1/s1. The van der Waals surface area contributed by atoms with Crippen molar-refractivity contribution in [2.24, 2.45) is 5.92 Å². The van der Waals surface area contributed by atoms with Gasteiger partial charge in [0.05, 0.1) is 5.54 Å². The molecule has 2 fully saturated rings. The van der Waals surface area contributed by atoms with Crippen LogP contribution in [-0.4, -0.2) is 70.7 Å². The summed E-state index contributed by atoms with van der Waals surface area (Å²) < 4.78 is 0. The number of carbonyl (C=O) groups is 2. The number of rotatable bonds is 4. The molecule has 7 nitrogen and oxygen atoms in total. The summed E-state index contributed by atoms with van der Waals surface area (Å²) in [6, 6.07) is 11.6. The molecule has 2 aromatic rings. The van der Waals surface area contributed by atoms with E-state index in [1.54, 1.807) is 7.05 Å². The van der Waals surface area contributed by atoms with E-state index in [1.165, 1.54) is 4.90 Å². The molecule has 0 saturated carbocycles. The van der Waals surface area contributed by atoms with E-state index in [0.717, 1.165) is 42.9 Å². The zero-order valence-electron chi connectivity index (χ0n) is 19.4. The molecular formula is C25H31ClN4O3. The first-order valence-electron chi connectivity index (χ1n) is 11.4. The van der Waals surface area contributed by atoms with Gasteiger partial charge < -0.3 is 19.8 Å². The van der Waals surface area contributed by atoms with E-state index in [2.05, 4.69) is 16.0 Å². The van der Waals surface area contributed by atoms with Crippen LogP contribution in [0.1, 0.15) is 36.8 Å². The zero-order chi connectivity index (χ0) is 23.8. The summed E-state index contributed by atoms with van der Waals surface area (Å²) in [7, 11) is 1.59. The van der Waals surface area contributed by atoms with Crippen molar-refractivity contribution in [2.75, 3.05) is 38.1 Å². The fourth-order valence-electron chi connectivity index (χ4n) is 5.12. The molecule has 176 valence electrons. The topological polar surface area (TPSA) is 77.0 Å². The highest BCUT2D eigenvalue weighted by Gasteiger charge is 2.50. The van der Waals surface area contributed by atoms with Crippen LogP contribution in [0.25, 0.3) is 0 Å². The SMILES string of the molecule is Cc1ccc(N2CCC(C(=O)N3C[C@H](c4ccc(Cl)cc4)[C@@](C)(N(C)C(=O)O)C3)CC2)nc1. The van der Waals surface area contributed by atoms with Crippen molar-refractivity contribution >= 4 is 29.4 Å². The zero-order valence-corrected chi connectivity index (χ0v) is 20.1. The summed E-state index contributed by atoms with van der Waals surface area (Å²) in [5, 5.41) is 10.4. The Morgan fingerprint density at radius 2 is 1.82 bits per heavy atom. The molecule has 2 amide bonds. The molecule has 2 aliphatic rings. The first-order valence-corrected chi connectivity index (χ1v) is 11.8. The lowest BCUT2D eigenvalue weighted by Gasteiger charge is -2.38. The molecule has 0 unspecified atom stereocenters. The predicted molar refractivity (Wildman–Crippen MR) is 129 cm³/mol. The Morgan fingerprint density at radius 3 is 2.39 bits per heavy atom. The number of piperidine rings is 1. The predicted octanol–water partition coefficient (Wildman–Crippen LogP) is 4.25. The highest BCUT2D eigenvalue weighted by molar-refractivity contribution is 6.30. The number of pyridine rings is 1. The summed E-state index contributed by atoms with van der Waals surface area (Å²) in [4.78, 5) is 35.3. The average molecular weight is 471 g/mol. The van der Waals surface area contributed by atoms with Crippen molar-refractivity contribution in [3.05, 3.63) is 58.7 Å². The quantitative estimate of drug-likeness (QED) is 0.722. The third-order valence-electron chi connectivity index (χ3n) is 7.37. The maximum atomic E-state index is 13.5. The second-order valence-corrected chi connectivity index (χ2v) is 9.91. The number of likely N-dealkylation sites (tertiary alicyclic amines) is 1. The van der Waals surface area contributed by atoms with Crippen molar-refractivity contribution in [3.63, 3.8) is 0 Å². The molecule has 1 aromatic heterocycles. The summed E-state index contributed by atoms with van der Waals surface area (Å²) in [6.45, 7) is 6.39. The van der Waals surface area contributed by atoms with Crippen LogP contribution in [0.15, 0.2) is 42.6 Å². The fraction of sp³-hybridized carbons (Fsp3) is 0.480. The van der Waals surface area contributed by atoms with E-state index in [9.17, 15) is 14.7 Å². The van der Waals surface area contributed by atoms with Gasteiger partial charge in [-0.25, -0.2) is 9.78 Å². The molecule has 0 aliphatic carbocycles. The van der Waals surface area contributed by atoms with Crippen LogP contribution >= 0.6 is 11.6 Å². The Balaban J connectivity index is 1.48. The largest absolute Gasteiger partial charge is 0.465 e. The summed E-state index contributed by atoms with van der Waals surface area (Å²) in [5.74, 6) is 0.880. The molecule has 2 aliphatic heterocycles. The lowest BCUT2D eigenvalue weighted by molar-refractivity contribution is -0.135. The summed E-state index contributed by atoms with van der Waals surface area (Å²) in [5.41, 5.74) is 1.40. The smallest absolute Gasteiger partial charge is 0.407 e. The Hall–Kier alpha value is -2.80. The molecule has 1 N–H and O–H groups in total. The van der Waals surface area contributed by atoms with Crippen LogP contribution < -0.4 is 4.90 Å². The first-order chi connectivity index (χ1) is 15.7. The average Bonchev–Trinajstić information content (AvgIpc) is 3.17. The van der Waals surface area contributed by atoms with E-state index < -0.39 is 11.6 Å². The van der Waals surface area contributed by atoms with E-state index in [1.807, 2.05) is 55.3 Å². The second kappa shape index (κ2) is 9.21. The number of hydrogen-bond acceptors (Lipinski definition) is 4. The number of halogens is 1. The normalized spacial score (nSPS) is 23.6. The third kappa shape index (κ3) is 4.64. The Morgan fingerprint density at radius 1 is 1.15 bits per heavy atom. The van der Waals surface area contributed by atoms with Gasteiger partial charge in [-0.15, -0.1) is 0 Å². The van der Waals surface area contributed by atoms with Crippen LogP contribution in [0.4, 0.5) is 10.6 Å². The number of likely N-dealkylation sites (N-methyl/N-ethyl adjacent to an activating group) is 1. The van der Waals surface area contributed by atoms with E-state index in [0.29, 0.717) is 18.1 Å². The maximum absolute atomic E-state index is 13.5. The summed E-state index contributed by atoms with van der Waals surface area (Å²) >= 11 is 6.07. The fourth-order valence-corrected chi connectivity index (χ4v) is 5.25. The van der Waals surface area contributed by atoms with Crippen LogP contribution in [-0.2, 0) is 4.79 Å². The van der Waals surface area contributed by atoms with Crippen LogP contribution in [0.3, 0.4) is 0 Å². The third-order valence-corrected chi connectivity index (χ3v) is 7.62. The summed E-state index contributed by atoms with van der Waals surface area (Å²) in [6.07, 6.45) is 2.40. The molecule has 1 aromatic carbocycles. The van der Waals surface area contributed by atoms with Crippen LogP contribution in [0.5, 0.6) is 0 Å². The highest BCUT2D eigenvalue weighted by atomic mass is 35.5. The second-order valence-electron chi connectivity index (χ2n) is 9.48. The molecular weight excluding hydrogens is 440 g/mol. The Labute approximate surface area is 200 Å². The van der Waals surface area contributed by atoms with Gasteiger partial charge in [0.15, 0.2) is 0 Å². The van der Waals surface area contributed by atoms with Gasteiger partial charge in [0.1, 0.15) is 5.82 Å². The molecule has 0 spiro atoms. The van der Waals surface area contributed by atoms with Gasteiger partial charge >= 0.3 is 6.09 Å². The van der Waals surface area contributed by atoms with E-state index >= 15 is 0 Å². The van der Waals surface area contributed by atoms with Gasteiger partial charge in [-0.1, -0.05) is 29.8 Å². The number of aromatic nitrogens is 1. The maximum Gasteiger partial charge on any atom is 0.407 e. The molecule has 2 saturated heterocycles. The number of carbonyl (C=O) groups excluding carboxylic acids is 1. The van der Waals surface area contributed by atoms with Crippen molar-refractivity contribution in [1.29, 1.82) is 0 Å². The Kier molecular flexibility index (Phi) is 6.52. The minimum Gasteiger partial charge on any atom is -0.465 e. The van der Waals surface area contributed by atoms with Crippen LogP contribution in [0, 0.1) is 12.8 Å². The number of benzene rings is 1. The van der Waals surface area contributed by atoms with Gasteiger partial charge in [-0.2, -0.15) is 0 Å². The van der Waals surface area contributed by atoms with Gasteiger partial charge in [0.25, 0.3) is 0 Å². The minimum absolute atomic E-state index is 0.0601. The van der Waals surface area contributed by atoms with Crippen molar-refractivity contribution in [2.45, 2.75) is 38.1 Å². The number of aryl methyl sites for hydroxylation is 1.